The zero-order chi connectivity index (χ0) is 12.3. The van der Waals surface area contributed by atoms with Gasteiger partial charge in [0.2, 0.25) is 0 Å². The number of benzene rings is 1. The standard InChI is InChI=1S/C13H16N2O2/c1-2-15-12(16)11(14-13(15)17)9-8-10-6-4-3-5-7-10/h3-7,11H,2,8-9H2,1H3,(H,14,17). The largest absolute Gasteiger partial charge is 0.326 e. The second kappa shape index (κ2) is 4.99. The molecule has 1 unspecified atom stereocenters. The predicted molar refractivity (Wildman–Crippen MR) is 64.5 cm³/mol. The van der Waals surface area contributed by atoms with E-state index in [9.17, 15) is 9.59 Å². The van der Waals surface area contributed by atoms with Crippen LogP contribution in [0.4, 0.5) is 4.79 Å². The van der Waals surface area contributed by atoms with E-state index in [1.54, 1.807) is 6.92 Å². The third-order valence-electron chi connectivity index (χ3n) is 2.99. The fourth-order valence-electron chi connectivity index (χ4n) is 2.03. The van der Waals surface area contributed by atoms with E-state index in [-0.39, 0.29) is 18.0 Å². The van der Waals surface area contributed by atoms with Crippen molar-refractivity contribution in [3.05, 3.63) is 35.9 Å². The van der Waals surface area contributed by atoms with E-state index < -0.39 is 0 Å². The number of carbonyl (C=O) groups is 2. The van der Waals surface area contributed by atoms with Gasteiger partial charge in [0.05, 0.1) is 0 Å². The number of hydrogen-bond acceptors (Lipinski definition) is 2. The zero-order valence-electron chi connectivity index (χ0n) is 9.85. The molecule has 1 saturated heterocycles. The number of rotatable bonds is 4. The molecule has 1 N–H and O–H groups in total. The molecular formula is C13H16N2O2. The van der Waals surface area contributed by atoms with Crippen molar-refractivity contribution in [1.82, 2.24) is 10.2 Å². The molecule has 17 heavy (non-hydrogen) atoms. The Balaban J connectivity index is 1.93. The molecule has 1 atom stereocenters. The lowest BCUT2D eigenvalue weighted by atomic mass is 10.1. The van der Waals surface area contributed by atoms with E-state index in [0.717, 1.165) is 6.42 Å². The molecule has 4 nitrogen and oxygen atoms in total. The van der Waals surface area contributed by atoms with Crippen LogP contribution in [0.2, 0.25) is 0 Å². The Hall–Kier alpha value is -1.84. The van der Waals surface area contributed by atoms with Gasteiger partial charge in [-0.25, -0.2) is 4.79 Å². The van der Waals surface area contributed by atoms with Gasteiger partial charge in [0, 0.05) is 6.54 Å². The summed E-state index contributed by atoms with van der Waals surface area (Å²) >= 11 is 0. The Labute approximate surface area is 101 Å². The summed E-state index contributed by atoms with van der Waals surface area (Å²) in [4.78, 5) is 24.5. The Morgan fingerprint density at radius 1 is 1.24 bits per heavy atom. The number of amides is 3. The highest BCUT2D eigenvalue weighted by Gasteiger charge is 2.36. The van der Waals surface area contributed by atoms with Crippen molar-refractivity contribution >= 4 is 11.9 Å². The highest BCUT2D eigenvalue weighted by molar-refractivity contribution is 6.04. The normalized spacial score (nSPS) is 19.6. The third-order valence-corrected chi connectivity index (χ3v) is 2.99. The molecule has 1 fully saturated rings. The Morgan fingerprint density at radius 3 is 2.53 bits per heavy atom. The average molecular weight is 232 g/mol. The van der Waals surface area contributed by atoms with Crippen molar-refractivity contribution < 1.29 is 9.59 Å². The zero-order valence-corrected chi connectivity index (χ0v) is 9.85. The van der Waals surface area contributed by atoms with Crippen LogP contribution in [0.3, 0.4) is 0 Å². The smallest absolute Gasteiger partial charge is 0.324 e. The van der Waals surface area contributed by atoms with Crippen molar-refractivity contribution in [2.24, 2.45) is 0 Å². The van der Waals surface area contributed by atoms with E-state index in [4.69, 9.17) is 0 Å². The first kappa shape index (κ1) is 11.6. The van der Waals surface area contributed by atoms with E-state index in [1.165, 1.54) is 10.5 Å². The van der Waals surface area contributed by atoms with Gasteiger partial charge in [-0.2, -0.15) is 0 Å². The van der Waals surface area contributed by atoms with Gasteiger partial charge in [0.1, 0.15) is 6.04 Å². The first-order valence-electron chi connectivity index (χ1n) is 5.88. The van der Waals surface area contributed by atoms with Gasteiger partial charge in [0.15, 0.2) is 0 Å². The number of hydrogen-bond donors (Lipinski definition) is 1. The maximum absolute atomic E-state index is 11.8. The number of nitrogens with zero attached hydrogens (tertiary/aromatic N) is 1. The fourth-order valence-corrected chi connectivity index (χ4v) is 2.03. The second-order valence-corrected chi connectivity index (χ2v) is 4.11. The summed E-state index contributed by atoms with van der Waals surface area (Å²) < 4.78 is 0. The van der Waals surface area contributed by atoms with Crippen molar-refractivity contribution in [3.63, 3.8) is 0 Å². The molecule has 0 spiro atoms. The van der Waals surface area contributed by atoms with E-state index in [1.807, 2.05) is 30.3 Å². The monoisotopic (exact) mass is 232 g/mol. The SMILES string of the molecule is CCN1C(=O)NC(CCc2ccccc2)C1=O. The van der Waals surface area contributed by atoms with Gasteiger partial charge in [-0.3, -0.25) is 9.69 Å². The molecule has 1 heterocycles. The summed E-state index contributed by atoms with van der Waals surface area (Å²) in [5.74, 6) is -0.103. The summed E-state index contributed by atoms with van der Waals surface area (Å²) in [5, 5.41) is 2.71. The minimum absolute atomic E-state index is 0.103. The van der Waals surface area contributed by atoms with Crippen LogP contribution >= 0.6 is 0 Å². The molecule has 0 radical (unpaired) electrons. The predicted octanol–water partition coefficient (Wildman–Crippen LogP) is 1.56. The van der Waals surface area contributed by atoms with Gasteiger partial charge >= 0.3 is 6.03 Å². The minimum atomic E-state index is -0.359. The molecular weight excluding hydrogens is 216 g/mol. The van der Waals surface area contributed by atoms with Crippen molar-refractivity contribution in [2.45, 2.75) is 25.8 Å². The third kappa shape index (κ3) is 2.46. The minimum Gasteiger partial charge on any atom is -0.326 e. The molecule has 3 amide bonds. The first-order chi connectivity index (χ1) is 8.22. The maximum atomic E-state index is 11.8. The van der Waals surface area contributed by atoms with Gasteiger partial charge in [-0.1, -0.05) is 30.3 Å². The van der Waals surface area contributed by atoms with Crippen molar-refractivity contribution in [3.8, 4) is 0 Å². The lowest BCUT2D eigenvalue weighted by Gasteiger charge is -2.09. The van der Waals surface area contributed by atoms with Crippen LogP contribution in [-0.2, 0) is 11.2 Å². The van der Waals surface area contributed by atoms with Crippen LogP contribution in [0.1, 0.15) is 18.9 Å². The van der Waals surface area contributed by atoms with Crippen molar-refractivity contribution in [1.29, 1.82) is 0 Å². The molecule has 1 aromatic carbocycles. The molecule has 2 rings (SSSR count). The molecule has 0 bridgehead atoms. The van der Waals surface area contributed by atoms with Crippen LogP contribution < -0.4 is 5.32 Å². The lowest BCUT2D eigenvalue weighted by molar-refractivity contribution is -0.127. The Kier molecular flexibility index (Phi) is 3.42. The summed E-state index contributed by atoms with van der Waals surface area (Å²) in [6, 6.07) is 9.34. The van der Waals surface area contributed by atoms with Crippen LogP contribution in [-0.4, -0.2) is 29.4 Å². The van der Waals surface area contributed by atoms with Crippen molar-refractivity contribution in [2.75, 3.05) is 6.54 Å². The van der Waals surface area contributed by atoms with Gasteiger partial charge in [-0.05, 0) is 25.3 Å². The summed E-state index contributed by atoms with van der Waals surface area (Å²) in [6.07, 6.45) is 1.46. The quantitative estimate of drug-likeness (QED) is 0.801. The first-order valence-corrected chi connectivity index (χ1v) is 5.88. The second-order valence-electron chi connectivity index (χ2n) is 4.11. The van der Waals surface area contributed by atoms with Crippen LogP contribution in [0.25, 0.3) is 0 Å². The Morgan fingerprint density at radius 2 is 1.94 bits per heavy atom. The van der Waals surface area contributed by atoms with E-state index in [2.05, 4.69) is 5.32 Å². The van der Waals surface area contributed by atoms with E-state index >= 15 is 0 Å². The maximum Gasteiger partial charge on any atom is 0.324 e. The number of nitrogens with one attached hydrogen (secondary N) is 1. The lowest BCUT2D eigenvalue weighted by Crippen LogP contribution is -2.31. The molecule has 1 aliphatic heterocycles. The summed E-state index contributed by atoms with van der Waals surface area (Å²) in [7, 11) is 0. The molecule has 4 heteroatoms. The average Bonchev–Trinajstić information content (AvgIpc) is 2.63. The van der Waals surface area contributed by atoms with Crippen LogP contribution in [0.15, 0.2) is 30.3 Å². The highest BCUT2D eigenvalue weighted by Crippen LogP contribution is 2.12. The van der Waals surface area contributed by atoms with Crippen LogP contribution in [0, 0.1) is 0 Å². The topological polar surface area (TPSA) is 49.4 Å². The van der Waals surface area contributed by atoms with E-state index in [0.29, 0.717) is 13.0 Å². The molecule has 0 saturated carbocycles. The Bertz CT molecular complexity index is 417. The molecule has 90 valence electrons. The molecule has 0 aromatic heterocycles. The summed E-state index contributed by atoms with van der Waals surface area (Å²) in [6.45, 7) is 2.24. The fraction of sp³-hybridized carbons (Fsp3) is 0.385. The number of aryl methyl sites for hydroxylation is 1. The number of urea groups is 1. The van der Waals surface area contributed by atoms with Gasteiger partial charge < -0.3 is 5.32 Å². The number of imide groups is 1. The molecule has 1 aromatic rings. The van der Waals surface area contributed by atoms with Crippen LogP contribution in [0.5, 0.6) is 0 Å². The number of carbonyl (C=O) groups excluding carboxylic acids is 2. The van der Waals surface area contributed by atoms with Gasteiger partial charge in [0.25, 0.3) is 5.91 Å². The molecule has 0 aliphatic carbocycles. The summed E-state index contributed by atoms with van der Waals surface area (Å²) in [5.41, 5.74) is 1.18. The van der Waals surface area contributed by atoms with Gasteiger partial charge in [-0.15, -0.1) is 0 Å². The molecule has 1 aliphatic rings. The number of likely N-dealkylation sites (N-methyl/N-ethyl adjacent to an activating group) is 1. The highest BCUT2D eigenvalue weighted by atomic mass is 16.2.